The van der Waals surface area contributed by atoms with Gasteiger partial charge >= 0.3 is 0 Å². The minimum atomic E-state index is -1.54. The summed E-state index contributed by atoms with van der Waals surface area (Å²) in [5.41, 5.74) is 3.27. The molecule has 1 unspecified atom stereocenters. The lowest BCUT2D eigenvalue weighted by Gasteiger charge is -2.25. The van der Waals surface area contributed by atoms with Gasteiger partial charge in [-0.15, -0.1) is 0 Å². The van der Waals surface area contributed by atoms with Gasteiger partial charge in [-0.3, -0.25) is 9.59 Å². The molecule has 1 atom stereocenters. The van der Waals surface area contributed by atoms with Crippen molar-refractivity contribution in [3.63, 3.8) is 0 Å². The van der Waals surface area contributed by atoms with E-state index in [1.165, 1.54) is 4.90 Å². The maximum absolute atomic E-state index is 12.8. The van der Waals surface area contributed by atoms with Crippen molar-refractivity contribution in [1.29, 1.82) is 5.41 Å². The smallest absolute Gasteiger partial charge is 0.253 e. The third-order valence-corrected chi connectivity index (χ3v) is 4.93. The van der Waals surface area contributed by atoms with E-state index in [4.69, 9.17) is 5.41 Å². The number of hydrogen-bond donors (Lipinski definition) is 4. The van der Waals surface area contributed by atoms with Gasteiger partial charge in [0.1, 0.15) is 6.10 Å². The fraction of sp³-hybridized carbons (Fsp3) is 0.375. The van der Waals surface area contributed by atoms with Crippen molar-refractivity contribution >= 4 is 28.9 Å². The highest BCUT2D eigenvalue weighted by Gasteiger charge is 2.24. The predicted octanol–water partition coefficient (Wildman–Crippen LogP) is 3.09. The standard InChI is InChI=1S/C24H31N3O4/c1-16(25)17-5-9-19(10-6-17)26-23(31)21(29)15-22(30)27(13-14-28)20-11-7-18(8-12-20)24(2,3)4/h5-12,21,25,28-29H,13-15H2,1-4H3,(H,26,31). The highest BCUT2D eigenvalue weighted by molar-refractivity contribution is 6.01. The van der Waals surface area contributed by atoms with Crippen LogP contribution in [0.25, 0.3) is 0 Å². The van der Waals surface area contributed by atoms with Gasteiger partial charge in [-0.05, 0) is 47.7 Å². The summed E-state index contributed by atoms with van der Waals surface area (Å²) in [6, 6.07) is 14.1. The molecule has 7 heteroatoms. The van der Waals surface area contributed by atoms with Crippen LogP contribution in [0.15, 0.2) is 48.5 Å². The van der Waals surface area contributed by atoms with Crippen LogP contribution in [0, 0.1) is 5.41 Å². The Kier molecular flexibility index (Phi) is 8.08. The maximum atomic E-state index is 12.8. The topological polar surface area (TPSA) is 114 Å². The van der Waals surface area contributed by atoms with Gasteiger partial charge in [-0.25, -0.2) is 0 Å². The summed E-state index contributed by atoms with van der Waals surface area (Å²) >= 11 is 0. The van der Waals surface area contributed by atoms with E-state index >= 15 is 0 Å². The second-order valence-electron chi connectivity index (χ2n) is 8.48. The molecule has 2 aromatic rings. The first-order valence-corrected chi connectivity index (χ1v) is 10.2. The Labute approximate surface area is 183 Å². The summed E-state index contributed by atoms with van der Waals surface area (Å²) in [6.07, 6.45) is -1.95. The zero-order chi connectivity index (χ0) is 23.2. The number of aliphatic hydroxyl groups excluding tert-OH is 2. The third kappa shape index (κ3) is 6.73. The molecule has 0 fully saturated rings. The molecule has 0 aromatic heterocycles. The van der Waals surface area contributed by atoms with Crippen LogP contribution in [0.4, 0.5) is 11.4 Å². The van der Waals surface area contributed by atoms with Crippen molar-refractivity contribution < 1.29 is 19.8 Å². The average molecular weight is 426 g/mol. The first-order valence-electron chi connectivity index (χ1n) is 10.2. The molecular weight excluding hydrogens is 394 g/mol. The van der Waals surface area contributed by atoms with Crippen molar-refractivity contribution in [3.05, 3.63) is 59.7 Å². The Bertz CT molecular complexity index is 915. The Balaban J connectivity index is 2.05. The third-order valence-electron chi connectivity index (χ3n) is 4.93. The lowest BCUT2D eigenvalue weighted by atomic mass is 9.87. The van der Waals surface area contributed by atoms with Gasteiger partial charge < -0.3 is 25.8 Å². The number of rotatable bonds is 8. The average Bonchev–Trinajstić information content (AvgIpc) is 2.71. The minimum absolute atomic E-state index is 0.0335. The molecule has 0 bridgehead atoms. The fourth-order valence-electron chi connectivity index (χ4n) is 3.04. The van der Waals surface area contributed by atoms with E-state index in [-0.39, 0.29) is 18.6 Å². The van der Waals surface area contributed by atoms with Crippen LogP contribution in [0.1, 0.15) is 45.2 Å². The number of nitrogens with one attached hydrogen (secondary N) is 2. The summed E-state index contributed by atoms with van der Waals surface area (Å²) in [4.78, 5) is 26.4. The van der Waals surface area contributed by atoms with Crippen LogP contribution in [0.5, 0.6) is 0 Å². The van der Waals surface area contributed by atoms with Crippen LogP contribution in [-0.4, -0.2) is 47.0 Å². The van der Waals surface area contributed by atoms with Gasteiger partial charge in [0.2, 0.25) is 5.91 Å². The van der Waals surface area contributed by atoms with Gasteiger partial charge in [0.15, 0.2) is 0 Å². The van der Waals surface area contributed by atoms with Gasteiger partial charge in [-0.2, -0.15) is 0 Å². The van der Waals surface area contributed by atoms with Crippen LogP contribution in [0.2, 0.25) is 0 Å². The molecule has 4 N–H and O–H groups in total. The maximum Gasteiger partial charge on any atom is 0.253 e. The predicted molar refractivity (Wildman–Crippen MR) is 123 cm³/mol. The van der Waals surface area contributed by atoms with Gasteiger partial charge in [0.25, 0.3) is 5.91 Å². The molecule has 0 aliphatic carbocycles. The number of hydrogen-bond acceptors (Lipinski definition) is 5. The Morgan fingerprint density at radius 3 is 2.13 bits per heavy atom. The molecule has 2 aromatic carbocycles. The summed E-state index contributed by atoms with van der Waals surface area (Å²) in [5.74, 6) is -1.16. The number of carbonyl (C=O) groups excluding carboxylic acids is 2. The first-order chi connectivity index (χ1) is 14.5. The van der Waals surface area contributed by atoms with Crippen molar-refractivity contribution in [2.24, 2.45) is 0 Å². The minimum Gasteiger partial charge on any atom is -0.395 e. The van der Waals surface area contributed by atoms with E-state index in [0.29, 0.717) is 17.1 Å². The van der Waals surface area contributed by atoms with E-state index in [0.717, 1.165) is 11.1 Å². The SMILES string of the molecule is CC(=N)c1ccc(NC(=O)C(O)CC(=O)N(CCO)c2ccc(C(C)(C)C)cc2)cc1. The number of carbonyl (C=O) groups is 2. The summed E-state index contributed by atoms with van der Waals surface area (Å²) in [7, 11) is 0. The van der Waals surface area contributed by atoms with Crippen LogP contribution >= 0.6 is 0 Å². The molecule has 0 spiro atoms. The highest BCUT2D eigenvalue weighted by atomic mass is 16.3. The van der Waals surface area contributed by atoms with Crippen molar-refractivity contribution in [1.82, 2.24) is 0 Å². The summed E-state index contributed by atoms with van der Waals surface area (Å²) in [6.45, 7) is 7.76. The van der Waals surface area contributed by atoms with E-state index in [1.54, 1.807) is 43.3 Å². The second kappa shape index (κ2) is 10.3. The monoisotopic (exact) mass is 425 g/mol. The number of anilines is 2. The number of benzene rings is 2. The van der Waals surface area contributed by atoms with Crippen molar-refractivity contribution in [2.75, 3.05) is 23.4 Å². The zero-order valence-electron chi connectivity index (χ0n) is 18.5. The van der Waals surface area contributed by atoms with E-state index in [2.05, 4.69) is 26.1 Å². The molecule has 0 saturated carbocycles. The van der Waals surface area contributed by atoms with E-state index in [9.17, 15) is 19.8 Å². The lowest BCUT2D eigenvalue weighted by Crippen LogP contribution is -2.39. The quantitative estimate of drug-likeness (QED) is 0.487. The molecule has 0 aliphatic heterocycles. The molecule has 31 heavy (non-hydrogen) atoms. The zero-order valence-corrected chi connectivity index (χ0v) is 18.5. The first kappa shape index (κ1) is 24.2. The second-order valence-corrected chi connectivity index (χ2v) is 8.48. The Hall–Kier alpha value is -3.03. The number of nitrogens with zero attached hydrogens (tertiary/aromatic N) is 1. The van der Waals surface area contributed by atoms with Crippen LogP contribution in [-0.2, 0) is 15.0 Å². The van der Waals surface area contributed by atoms with Crippen LogP contribution in [0.3, 0.4) is 0 Å². The van der Waals surface area contributed by atoms with E-state index < -0.39 is 24.3 Å². The highest BCUT2D eigenvalue weighted by Crippen LogP contribution is 2.25. The molecule has 7 nitrogen and oxygen atoms in total. The largest absolute Gasteiger partial charge is 0.395 e. The molecule has 0 heterocycles. The van der Waals surface area contributed by atoms with Crippen molar-refractivity contribution in [2.45, 2.75) is 45.6 Å². The summed E-state index contributed by atoms with van der Waals surface area (Å²) < 4.78 is 0. The van der Waals surface area contributed by atoms with E-state index in [1.807, 2.05) is 12.1 Å². The molecule has 2 rings (SSSR count). The normalized spacial score (nSPS) is 12.2. The molecule has 166 valence electrons. The Morgan fingerprint density at radius 2 is 1.65 bits per heavy atom. The summed E-state index contributed by atoms with van der Waals surface area (Å²) in [5, 5.41) is 29.8. The lowest BCUT2D eigenvalue weighted by molar-refractivity contribution is -0.129. The molecule has 0 radical (unpaired) electrons. The van der Waals surface area contributed by atoms with Crippen molar-refractivity contribution in [3.8, 4) is 0 Å². The molecule has 2 amide bonds. The fourth-order valence-corrected chi connectivity index (χ4v) is 3.04. The number of aliphatic hydroxyl groups is 2. The molecule has 0 aliphatic rings. The molecular formula is C24H31N3O4. The van der Waals surface area contributed by atoms with Gasteiger partial charge in [-0.1, -0.05) is 45.0 Å². The van der Waals surface area contributed by atoms with Gasteiger partial charge in [0.05, 0.1) is 13.0 Å². The number of amides is 2. The van der Waals surface area contributed by atoms with Crippen LogP contribution < -0.4 is 10.2 Å². The van der Waals surface area contributed by atoms with Gasteiger partial charge in [0, 0.05) is 23.6 Å². The Morgan fingerprint density at radius 1 is 1.06 bits per heavy atom. The molecule has 0 saturated heterocycles.